The van der Waals surface area contributed by atoms with Crippen LogP contribution in [0, 0.1) is 11.2 Å². The van der Waals surface area contributed by atoms with E-state index in [9.17, 15) is 12.8 Å². The van der Waals surface area contributed by atoms with Gasteiger partial charge in [0.2, 0.25) is 10.0 Å². The quantitative estimate of drug-likeness (QED) is 0.665. The van der Waals surface area contributed by atoms with E-state index in [2.05, 4.69) is 4.72 Å². The maximum atomic E-state index is 13.0. The average molecular weight is 304 g/mol. The van der Waals surface area contributed by atoms with Gasteiger partial charge in [0.15, 0.2) is 0 Å². The zero-order chi connectivity index (χ0) is 15.4. The van der Waals surface area contributed by atoms with Crippen LogP contribution in [0.4, 0.5) is 10.1 Å². The summed E-state index contributed by atoms with van der Waals surface area (Å²) in [6.45, 7) is 4.12. The van der Waals surface area contributed by atoms with E-state index in [1.165, 1.54) is 6.07 Å². The summed E-state index contributed by atoms with van der Waals surface area (Å²) in [6.07, 6.45) is 1.30. The van der Waals surface area contributed by atoms with Crippen molar-refractivity contribution < 1.29 is 17.9 Å². The molecular formula is C13H21FN2O3S. The SMILES string of the molecule is CC(C)(CCCO)CNS(=O)(=O)c1ccc(F)c(N)c1. The second kappa shape index (κ2) is 6.51. The number of aliphatic hydroxyl groups excluding tert-OH is 1. The molecule has 20 heavy (non-hydrogen) atoms. The van der Waals surface area contributed by atoms with Crippen molar-refractivity contribution in [2.24, 2.45) is 5.41 Å². The van der Waals surface area contributed by atoms with Gasteiger partial charge in [-0.25, -0.2) is 17.5 Å². The molecule has 0 aliphatic rings. The third-order valence-corrected chi connectivity index (χ3v) is 4.43. The third kappa shape index (κ3) is 4.73. The Bertz CT molecular complexity index is 559. The first-order valence-corrected chi connectivity index (χ1v) is 7.82. The van der Waals surface area contributed by atoms with Crippen LogP contribution >= 0.6 is 0 Å². The Balaban J connectivity index is 2.77. The molecule has 1 aromatic carbocycles. The fourth-order valence-corrected chi connectivity index (χ4v) is 2.99. The molecule has 5 nitrogen and oxygen atoms in total. The van der Waals surface area contributed by atoms with E-state index in [4.69, 9.17) is 10.8 Å². The van der Waals surface area contributed by atoms with E-state index in [0.29, 0.717) is 12.8 Å². The van der Waals surface area contributed by atoms with Crippen LogP contribution in [0.15, 0.2) is 23.1 Å². The summed E-state index contributed by atoms with van der Waals surface area (Å²) in [4.78, 5) is -0.0608. The zero-order valence-electron chi connectivity index (χ0n) is 11.7. The summed E-state index contributed by atoms with van der Waals surface area (Å²) in [5.41, 5.74) is 4.89. The van der Waals surface area contributed by atoms with Crippen LogP contribution in [-0.4, -0.2) is 26.7 Å². The number of rotatable bonds is 7. The molecule has 1 rings (SSSR count). The number of aliphatic hydroxyl groups is 1. The van der Waals surface area contributed by atoms with Crippen molar-refractivity contribution in [3.63, 3.8) is 0 Å². The van der Waals surface area contributed by atoms with Crippen molar-refractivity contribution in [2.75, 3.05) is 18.9 Å². The van der Waals surface area contributed by atoms with E-state index in [-0.39, 0.29) is 29.1 Å². The van der Waals surface area contributed by atoms with Crippen LogP contribution in [0.1, 0.15) is 26.7 Å². The average Bonchev–Trinajstić information content (AvgIpc) is 2.37. The number of nitrogens with two attached hydrogens (primary N) is 1. The molecule has 114 valence electrons. The second-order valence-electron chi connectivity index (χ2n) is 5.50. The molecule has 0 unspecified atom stereocenters. The Labute approximate surface area is 119 Å². The Morgan fingerprint density at radius 3 is 2.60 bits per heavy atom. The highest BCUT2D eigenvalue weighted by Gasteiger charge is 2.22. The van der Waals surface area contributed by atoms with E-state index >= 15 is 0 Å². The van der Waals surface area contributed by atoms with Crippen molar-refractivity contribution in [3.05, 3.63) is 24.0 Å². The minimum absolute atomic E-state index is 0.0608. The van der Waals surface area contributed by atoms with Gasteiger partial charge in [-0.3, -0.25) is 0 Å². The molecule has 1 aromatic rings. The fraction of sp³-hybridized carbons (Fsp3) is 0.538. The topological polar surface area (TPSA) is 92.4 Å². The second-order valence-corrected chi connectivity index (χ2v) is 7.27. The molecule has 7 heteroatoms. The van der Waals surface area contributed by atoms with Crippen molar-refractivity contribution in [2.45, 2.75) is 31.6 Å². The zero-order valence-corrected chi connectivity index (χ0v) is 12.5. The van der Waals surface area contributed by atoms with Gasteiger partial charge in [-0.15, -0.1) is 0 Å². The Morgan fingerprint density at radius 1 is 1.40 bits per heavy atom. The minimum atomic E-state index is -3.72. The van der Waals surface area contributed by atoms with Gasteiger partial charge in [-0.1, -0.05) is 13.8 Å². The molecule has 0 atom stereocenters. The third-order valence-electron chi connectivity index (χ3n) is 3.03. The van der Waals surface area contributed by atoms with Crippen molar-refractivity contribution in [1.29, 1.82) is 0 Å². The lowest BCUT2D eigenvalue weighted by molar-refractivity contribution is 0.242. The largest absolute Gasteiger partial charge is 0.396 e. The monoisotopic (exact) mass is 304 g/mol. The molecule has 0 saturated carbocycles. The van der Waals surface area contributed by atoms with Gasteiger partial charge < -0.3 is 10.8 Å². The number of hydrogen-bond acceptors (Lipinski definition) is 4. The van der Waals surface area contributed by atoms with E-state index < -0.39 is 15.8 Å². The number of hydrogen-bond donors (Lipinski definition) is 3. The van der Waals surface area contributed by atoms with Gasteiger partial charge in [0.05, 0.1) is 10.6 Å². The summed E-state index contributed by atoms with van der Waals surface area (Å²) >= 11 is 0. The van der Waals surface area contributed by atoms with Gasteiger partial charge in [-0.2, -0.15) is 0 Å². The Morgan fingerprint density at radius 2 is 2.05 bits per heavy atom. The number of sulfonamides is 1. The molecule has 0 aromatic heterocycles. The van der Waals surface area contributed by atoms with Crippen LogP contribution in [0.25, 0.3) is 0 Å². The van der Waals surface area contributed by atoms with Crippen LogP contribution in [0.3, 0.4) is 0 Å². The molecule has 0 radical (unpaired) electrons. The molecule has 0 aliphatic heterocycles. The minimum Gasteiger partial charge on any atom is -0.396 e. The smallest absolute Gasteiger partial charge is 0.240 e. The molecule has 0 heterocycles. The van der Waals surface area contributed by atoms with Gasteiger partial charge in [0.1, 0.15) is 5.82 Å². The van der Waals surface area contributed by atoms with Crippen LogP contribution < -0.4 is 10.5 Å². The molecule has 4 N–H and O–H groups in total. The van der Waals surface area contributed by atoms with E-state index in [1.807, 2.05) is 13.8 Å². The molecule has 0 saturated heterocycles. The first kappa shape index (κ1) is 16.9. The number of nitrogens with one attached hydrogen (secondary N) is 1. The van der Waals surface area contributed by atoms with Crippen molar-refractivity contribution >= 4 is 15.7 Å². The summed E-state index contributed by atoms with van der Waals surface area (Å²) in [5, 5.41) is 8.80. The van der Waals surface area contributed by atoms with Crippen LogP contribution in [-0.2, 0) is 10.0 Å². The number of halogens is 1. The number of anilines is 1. The Hall–Kier alpha value is -1.18. The van der Waals surface area contributed by atoms with Gasteiger partial charge in [-0.05, 0) is 36.5 Å². The van der Waals surface area contributed by atoms with Gasteiger partial charge >= 0.3 is 0 Å². The summed E-state index contributed by atoms with van der Waals surface area (Å²) < 4.78 is 39.7. The molecule has 0 bridgehead atoms. The highest BCUT2D eigenvalue weighted by atomic mass is 32.2. The molecular weight excluding hydrogens is 283 g/mol. The number of nitrogen functional groups attached to an aromatic ring is 1. The van der Waals surface area contributed by atoms with Crippen molar-refractivity contribution in [1.82, 2.24) is 4.72 Å². The van der Waals surface area contributed by atoms with E-state index in [0.717, 1.165) is 12.1 Å². The lowest BCUT2D eigenvalue weighted by atomic mass is 9.88. The van der Waals surface area contributed by atoms with Gasteiger partial charge in [0, 0.05) is 13.2 Å². The predicted octanol–water partition coefficient (Wildman–Crippen LogP) is 1.48. The highest BCUT2D eigenvalue weighted by Crippen LogP contribution is 2.22. The summed E-state index contributed by atoms with van der Waals surface area (Å²) in [6, 6.07) is 3.30. The summed E-state index contributed by atoms with van der Waals surface area (Å²) in [5.74, 6) is -0.646. The highest BCUT2D eigenvalue weighted by molar-refractivity contribution is 7.89. The maximum Gasteiger partial charge on any atom is 0.240 e. The normalized spacial score (nSPS) is 12.6. The lowest BCUT2D eigenvalue weighted by Crippen LogP contribution is -2.34. The standard InChI is InChI=1S/C13H21FN2O3S/c1-13(2,6-3-7-17)9-16-20(18,19)10-4-5-11(14)12(15)8-10/h4-5,8,16-17H,3,6-7,9,15H2,1-2H3. The van der Waals surface area contributed by atoms with Crippen LogP contribution in [0.2, 0.25) is 0 Å². The first-order valence-electron chi connectivity index (χ1n) is 6.33. The Kier molecular flexibility index (Phi) is 5.50. The molecule has 0 amide bonds. The number of benzene rings is 1. The van der Waals surface area contributed by atoms with Crippen molar-refractivity contribution in [3.8, 4) is 0 Å². The van der Waals surface area contributed by atoms with Gasteiger partial charge in [0.25, 0.3) is 0 Å². The van der Waals surface area contributed by atoms with E-state index in [1.54, 1.807) is 0 Å². The summed E-state index contributed by atoms with van der Waals surface area (Å²) in [7, 11) is -3.72. The fourth-order valence-electron chi connectivity index (χ4n) is 1.71. The first-order chi connectivity index (χ1) is 9.18. The predicted molar refractivity (Wildman–Crippen MR) is 76.1 cm³/mol. The molecule has 0 fully saturated rings. The lowest BCUT2D eigenvalue weighted by Gasteiger charge is -2.24. The molecule has 0 spiro atoms. The van der Waals surface area contributed by atoms with Crippen LogP contribution in [0.5, 0.6) is 0 Å². The molecule has 0 aliphatic carbocycles. The maximum absolute atomic E-state index is 13.0.